The summed E-state index contributed by atoms with van der Waals surface area (Å²) in [6, 6.07) is 14.1. The van der Waals surface area contributed by atoms with E-state index in [0.717, 1.165) is 16.5 Å². The number of rotatable bonds is 3. The standard InChI is InChI=1S/C20H15NO4/c1-2-24-20(23)18-15-11-14(22)6-8-17(15)25-19(18)13-5-7-16-12(10-13)4-3-9-21-16/h3-11,22H,2H2,1H3. The van der Waals surface area contributed by atoms with Gasteiger partial charge in [0.25, 0.3) is 0 Å². The molecule has 124 valence electrons. The largest absolute Gasteiger partial charge is 0.508 e. The zero-order valence-electron chi connectivity index (χ0n) is 13.5. The van der Waals surface area contributed by atoms with Crippen molar-refractivity contribution in [1.82, 2.24) is 4.98 Å². The van der Waals surface area contributed by atoms with E-state index >= 15 is 0 Å². The minimum Gasteiger partial charge on any atom is -0.508 e. The van der Waals surface area contributed by atoms with Crippen LogP contribution in [-0.4, -0.2) is 22.7 Å². The van der Waals surface area contributed by atoms with Gasteiger partial charge in [0, 0.05) is 22.5 Å². The van der Waals surface area contributed by atoms with E-state index in [0.29, 0.717) is 22.3 Å². The molecule has 0 fully saturated rings. The Bertz CT molecular complexity index is 1100. The first-order chi connectivity index (χ1) is 12.2. The summed E-state index contributed by atoms with van der Waals surface area (Å²) in [5, 5.41) is 11.3. The predicted molar refractivity (Wildman–Crippen MR) is 94.6 cm³/mol. The number of esters is 1. The number of carbonyl (C=O) groups excluding carboxylic acids is 1. The fourth-order valence-corrected chi connectivity index (χ4v) is 2.91. The molecule has 0 bridgehead atoms. The molecule has 0 aliphatic carbocycles. The molecule has 0 atom stereocenters. The van der Waals surface area contributed by atoms with Crippen molar-refractivity contribution < 1.29 is 19.1 Å². The van der Waals surface area contributed by atoms with Gasteiger partial charge >= 0.3 is 5.97 Å². The van der Waals surface area contributed by atoms with Gasteiger partial charge in [0.05, 0.1) is 12.1 Å². The van der Waals surface area contributed by atoms with Crippen LogP contribution in [0, 0.1) is 0 Å². The van der Waals surface area contributed by atoms with Gasteiger partial charge < -0.3 is 14.3 Å². The Morgan fingerprint density at radius 1 is 1.20 bits per heavy atom. The van der Waals surface area contributed by atoms with E-state index in [9.17, 15) is 9.90 Å². The lowest BCUT2D eigenvalue weighted by atomic mass is 10.0. The normalized spacial score (nSPS) is 11.1. The fourth-order valence-electron chi connectivity index (χ4n) is 2.91. The molecule has 0 saturated carbocycles. The van der Waals surface area contributed by atoms with E-state index in [-0.39, 0.29) is 12.4 Å². The third kappa shape index (κ3) is 2.59. The van der Waals surface area contributed by atoms with Crippen LogP contribution >= 0.6 is 0 Å². The van der Waals surface area contributed by atoms with Gasteiger partial charge in [0.2, 0.25) is 0 Å². The molecule has 0 aliphatic rings. The average molecular weight is 333 g/mol. The zero-order valence-corrected chi connectivity index (χ0v) is 13.5. The maximum atomic E-state index is 12.5. The van der Waals surface area contributed by atoms with Crippen molar-refractivity contribution in [3.05, 3.63) is 60.3 Å². The zero-order chi connectivity index (χ0) is 17.4. The Morgan fingerprint density at radius 2 is 2.08 bits per heavy atom. The highest BCUT2D eigenvalue weighted by molar-refractivity contribution is 6.09. The second-order valence-electron chi connectivity index (χ2n) is 5.62. The number of aromatic nitrogens is 1. The first kappa shape index (κ1) is 15.2. The molecule has 2 aromatic carbocycles. The van der Waals surface area contributed by atoms with Crippen LogP contribution in [0.3, 0.4) is 0 Å². The second-order valence-corrected chi connectivity index (χ2v) is 5.62. The number of aromatic hydroxyl groups is 1. The second kappa shape index (κ2) is 5.94. The molecule has 2 heterocycles. The lowest BCUT2D eigenvalue weighted by molar-refractivity contribution is 0.0529. The quantitative estimate of drug-likeness (QED) is 0.558. The molecular weight excluding hydrogens is 318 g/mol. The van der Waals surface area contributed by atoms with E-state index in [1.807, 2.05) is 30.3 Å². The highest BCUT2D eigenvalue weighted by Crippen LogP contribution is 2.36. The Balaban J connectivity index is 1.98. The van der Waals surface area contributed by atoms with Crippen LogP contribution in [0.25, 0.3) is 33.2 Å². The van der Waals surface area contributed by atoms with Crippen molar-refractivity contribution in [1.29, 1.82) is 0 Å². The van der Waals surface area contributed by atoms with Crippen LogP contribution in [0.1, 0.15) is 17.3 Å². The molecule has 2 aromatic heterocycles. The summed E-state index contributed by atoms with van der Waals surface area (Å²) in [5.41, 5.74) is 2.44. The van der Waals surface area contributed by atoms with Gasteiger partial charge in [0.15, 0.2) is 0 Å². The van der Waals surface area contributed by atoms with Gasteiger partial charge in [-0.2, -0.15) is 0 Å². The number of phenols is 1. The Hall–Kier alpha value is -3.34. The molecule has 1 N–H and O–H groups in total. The number of phenolic OH excluding ortho intramolecular Hbond substituents is 1. The number of ether oxygens (including phenoxy) is 1. The molecule has 5 nitrogen and oxygen atoms in total. The van der Waals surface area contributed by atoms with E-state index in [1.54, 1.807) is 19.2 Å². The molecule has 0 amide bonds. The summed E-state index contributed by atoms with van der Waals surface area (Å²) < 4.78 is 11.1. The third-order valence-corrected chi connectivity index (χ3v) is 4.02. The molecule has 0 unspecified atom stereocenters. The summed E-state index contributed by atoms with van der Waals surface area (Å²) in [7, 11) is 0. The number of furan rings is 1. The van der Waals surface area contributed by atoms with Gasteiger partial charge in [-0.05, 0) is 49.4 Å². The summed E-state index contributed by atoms with van der Waals surface area (Å²) in [4.78, 5) is 16.8. The Kier molecular flexibility index (Phi) is 3.61. The van der Waals surface area contributed by atoms with Crippen molar-refractivity contribution in [2.75, 3.05) is 6.61 Å². The Morgan fingerprint density at radius 3 is 2.92 bits per heavy atom. The highest BCUT2D eigenvalue weighted by atomic mass is 16.5. The van der Waals surface area contributed by atoms with Crippen LogP contribution in [0.2, 0.25) is 0 Å². The van der Waals surface area contributed by atoms with Crippen molar-refractivity contribution in [2.45, 2.75) is 6.92 Å². The summed E-state index contributed by atoms with van der Waals surface area (Å²) in [6.07, 6.45) is 1.73. The third-order valence-electron chi connectivity index (χ3n) is 4.02. The molecule has 0 spiro atoms. The monoisotopic (exact) mass is 333 g/mol. The predicted octanol–water partition coefficient (Wildman–Crippen LogP) is 4.53. The topological polar surface area (TPSA) is 72.6 Å². The van der Waals surface area contributed by atoms with Gasteiger partial charge in [-0.15, -0.1) is 0 Å². The van der Waals surface area contributed by atoms with Gasteiger partial charge in [-0.3, -0.25) is 4.98 Å². The lowest BCUT2D eigenvalue weighted by Gasteiger charge is -2.05. The molecule has 0 radical (unpaired) electrons. The number of hydrogen-bond acceptors (Lipinski definition) is 5. The molecule has 4 rings (SSSR count). The molecule has 4 aromatic rings. The molecule has 5 heteroatoms. The molecule has 0 saturated heterocycles. The number of fused-ring (bicyclic) bond motifs is 2. The van der Waals surface area contributed by atoms with Crippen molar-refractivity contribution in [3.63, 3.8) is 0 Å². The highest BCUT2D eigenvalue weighted by Gasteiger charge is 2.23. The van der Waals surface area contributed by atoms with Gasteiger partial charge in [-0.25, -0.2) is 4.79 Å². The lowest BCUT2D eigenvalue weighted by Crippen LogP contribution is -2.05. The summed E-state index contributed by atoms with van der Waals surface area (Å²) in [6.45, 7) is 2.00. The van der Waals surface area contributed by atoms with E-state index in [2.05, 4.69) is 4.98 Å². The van der Waals surface area contributed by atoms with Gasteiger partial charge in [0.1, 0.15) is 22.7 Å². The van der Waals surface area contributed by atoms with Crippen LogP contribution in [0.15, 0.2) is 59.1 Å². The number of carbonyl (C=O) groups is 1. The van der Waals surface area contributed by atoms with E-state index in [4.69, 9.17) is 9.15 Å². The number of pyridine rings is 1. The van der Waals surface area contributed by atoms with Crippen molar-refractivity contribution in [2.24, 2.45) is 0 Å². The minimum atomic E-state index is -0.479. The SMILES string of the molecule is CCOC(=O)c1c(-c2ccc3ncccc3c2)oc2ccc(O)cc12. The molecule has 25 heavy (non-hydrogen) atoms. The number of nitrogens with zero attached hydrogens (tertiary/aromatic N) is 1. The van der Waals surface area contributed by atoms with E-state index < -0.39 is 5.97 Å². The first-order valence-corrected chi connectivity index (χ1v) is 7.95. The molecule has 0 aliphatic heterocycles. The maximum absolute atomic E-state index is 12.5. The molecular formula is C20H15NO4. The smallest absolute Gasteiger partial charge is 0.342 e. The van der Waals surface area contributed by atoms with Crippen LogP contribution in [0.5, 0.6) is 5.75 Å². The van der Waals surface area contributed by atoms with Crippen LogP contribution in [0.4, 0.5) is 0 Å². The summed E-state index contributed by atoms with van der Waals surface area (Å²) in [5.74, 6) is 0.00560. The maximum Gasteiger partial charge on any atom is 0.342 e. The average Bonchev–Trinajstić information content (AvgIpc) is 3.00. The van der Waals surface area contributed by atoms with Crippen molar-refractivity contribution >= 4 is 27.8 Å². The van der Waals surface area contributed by atoms with Crippen LogP contribution in [-0.2, 0) is 4.74 Å². The summed E-state index contributed by atoms with van der Waals surface area (Å²) >= 11 is 0. The van der Waals surface area contributed by atoms with Crippen LogP contribution < -0.4 is 0 Å². The number of benzene rings is 2. The Labute approximate surface area is 143 Å². The van der Waals surface area contributed by atoms with Gasteiger partial charge in [-0.1, -0.05) is 6.07 Å². The van der Waals surface area contributed by atoms with E-state index in [1.165, 1.54) is 12.1 Å². The number of hydrogen-bond donors (Lipinski definition) is 1. The van der Waals surface area contributed by atoms with Crippen molar-refractivity contribution in [3.8, 4) is 17.1 Å². The fraction of sp³-hybridized carbons (Fsp3) is 0.100. The first-order valence-electron chi connectivity index (χ1n) is 7.95. The minimum absolute atomic E-state index is 0.0631.